The second-order valence-corrected chi connectivity index (χ2v) is 5.60. The summed E-state index contributed by atoms with van der Waals surface area (Å²) in [6.45, 7) is 0. The molecule has 0 saturated heterocycles. The summed E-state index contributed by atoms with van der Waals surface area (Å²) in [5, 5.41) is 19.9. The fraction of sp³-hybridized carbons (Fsp3) is 0.0714. The highest BCUT2D eigenvalue weighted by Crippen LogP contribution is 2.41. The Bertz CT molecular complexity index is 973. The molecular weight excluding hydrogens is 284 g/mol. The zero-order valence-corrected chi connectivity index (χ0v) is 11.7. The van der Waals surface area contributed by atoms with Gasteiger partial charge in [-0.15, -0.1) is 11.3 Å². The lowest BCUT2D eigenvalue weighted by Crippen LogP contribution is -1.99. The molecule has 0 spiro atoms. The SMILES string of the molecule is N#CCc1sc2nc(N)c3c(N)c(C#N)ccc3c2c1N. The Kier molecular flexibility index (Phi) is 2.79. The van der Waals surface area contributed by atoms with Crippen molar-refractivity contribution < 1.29 is 0 Å². The molecule has 0 aliphatic heterocycles. The molecule has 0 unspecified atom stereocenters. The van der Waals surface area contributed by atoms with Gasteiger partial charge in [-0.3, -0.25) is 0 Å². The lowest BCUT2D eigenvalue weighted by atomic mass is 10.0. The number of thiophene rings is 1. The van der Waals surface area contributed by atoms with E-state index in [2.05, 4.69) is 11.1 Å². The van der Waals surface area contributed by atoms with Gasteiger partial charge in [-0.2, -0.15) is 10.5 Å². The molecule has 0 fully saturated rings. The van der Waals surface area contributed by atoms with Crippen molar-refractivity contribution in [3.8, 4) is 12.1 Å². The number of anilines is 3. The predicted octanol–water partition coefficient (Wildman–Crippen LogP) is 2.13. The van der Waals surface area contributed by atoms with Crippen molar-refractivity contribution in [1.82, 2.24) is 4.98 Å². The fourth-order valence-corrected chi connectivity index (χ4v) is 3.43. The number of pyridine rings is 1. The van der Waals surface area contributed by atoms with Gasteiger partial charge in [0, 0.05) is 15.6 Å². The lowest BCUT2D eigenvalue weighted by Gasteiger charge is -2.08. The van der Waals surface area contributed by atoms with E-state index in [-0.39, 0.29) is 12.2 Å². The Morgan fingerprint density at radius 2 is 1.86 bits per heavy atom. The molecule has 102 valence electrons. The van der Waals surface area contributed by atoms with Gasteiger partial charge < -0.3 is 17.2 Å². The summed E-state index contributed by atoms with van der Waals surface area (Å²) >= 11 is 1.35. The molecular formula is C14H10N6S. The summed E-state index contributed by atoms with van der Waals surface area (Å²) in [5.41, 5.74) is 19.3. The average Bonchev–Trinajstić information content (AvgIpc) is 2.76. The zero-order chi connectivity index (χ0) is 15.1. The molecule has 1 aromatic carbocycles. The van der Waals surface area contributed by atoms with Gasteiger partial charge in [0.1, 0.15) is 16.7 Å². The quantitative estimate of drug-likeness (QED) is 0.587. The Morgan fingerprint density at radius 1 is 1.10 bits per heavy atom. The molecule has 0 bridgehead atoms. The predicted molar refractivity (Wildman–Crippen MR) is 84.4 cm³/mol. The molecule has 0 radical (unpaired) electrons. The van der Waals surface area contributed by atoms with Crippen LogP contribution in [-0.2, 0) is 6.42 Å². The maximum Gasteiger partial charge on any atom is 0.135 e. The third kappa shape index (κ3) is 1.72. The molecule has 3 rings (SSSR count). The summed E-state index contributed by atoms with van der Waals surface area (Å²) in [4.78, 5) is 5.75. The molecule has 3 aromatic rings. The molecule has 6 N–H and O–H groups in total. The van der Waals surface area contributed by atoms with Crippen LogP contribution in [0.3, 0.4) is 0 Å². The second kappa shape index (κ2) is 4.51. The number of rotatable bonds is 1. The Labute approximate surface area is 124 Å². The van der Waals surface area contributed by atoms with Gasteiger partial charge in [0.25, 0.3) is 0 Å². The third-order valence-corrected chi connectivity index (χ3v) is 4.46. The minimum Gasteiger partial charge on any atom is -0.397 e. The lowest BCUT2D eigenvalue weighted by molar-refractivity contribution is 1.32. The van der Waals surface area contributed by atoms with Crippen molar-refractivity contribution in [3.05, 3.63) is 22.6 Å². The molecule has 7 heteroatoms. The summed E-state index contributed by atoms with van der Waals surface area (Å²) < 4.78 is 0. The normalized spacial score (nSPS) is 10.6. The van der Waals surface area contributed by atoms with Crippen molar-refractivity contribution in [1.29, 1.82) is 10.5 Å². The third-order valence-electron chi connectivity index (χ3n) is 3.36. The van der Waals surface area contributed by atoms with Gasteiger partial charge in [-0.25, -0.2) is 4.98 Å². The molecule has 0 saturated carbocycles. The van der Waals surface area contributed by atoms with Crippen LogP contribution in [0.4, 0.5) is 17.2 Å². The first-order chi connectivity index (χ1) is 10.1. The first-order valence-electron chi connectivity index (χ1n) is 6.04. The summed E-state index contributed by atoms with van der Waals surface area (Å²) in [6.07, 6.45) is 0.222. The topological polar surface area (TPSA) is 139 Å². The maximum atomic E-state index is 9.06. The van der Waals surface area contributed by atoms with Crippen molar-refractivity contribution in [2.45, 2.75) is 6.42 Å². The molecule has 0 aliphatic carbocycles. The van der Waals surface area contributed by atoms with E-state index in [0.717, 1.165) is 15.6 Å². The van der Waals surface area contributed by atoms with Gasteiger partial charge in [-0.05, 0) is 11.5 Å². The Morgan fingerprint density at radius 3 is 2.52 bits per heavy atom. The average molecular weight is 294 g/mol. The van der Waals surface area contributed by atoms with Crippen LogP contribution in [0, 0.1) is 22.7 Å². The van der Waals surface area contributed by atoms with E-state index in [1.54, 1.807) is 12.1 Å². The van der Waals surface area contributed by atoms with Crippen LogP contribution in [0.25, 0.3) is 21.0 Å². The van der Waals surface area contributed by atoms with Crippen LogP contribution in [0.15, 0.2) is 12.1 Å². The maximum absolute atomic E-state index is 9.06. The van der Waals surface area contributed by atoms with Crippen LogP contribution < -0.4 is 17.2 Å². The minimum atomic E-state index is 0.222. The van der Waals surface area contributed by atoms with Crippen LogP contribution in [-0.4, -0.2) is 4.98 Å². The van der Waals surface area contributed by atoms with Gasteiger partial charge in [0.2, 0.25) is 0 Å². The van der Waals surface area contributed by atoms with Crippen molar-refractivity contribution in [2.75, 3.05) is 17.2 Å². The Hall–Kier alpha value is -3.03. The van der Waals surface area contributed by atoms with Gasteiger partial charge >= 0.3 is 0 Å². The number of fused-ring (bicyclic) bond motifs is 3. The molecule has 0 atom stereocenters. The fourth-order valence-electron chi connectivity index (χ4n) is 2.39. The number of aromatic nitrogens is 1. The molecule has 0 amide bonds. The second-order valence-electron chi connectivity index (χ2n) is 4.51. The number of nitrogens with two attached hydrogens (primary N) is 3. The first-order valence-corrected chi connectivity index (χ1v) is 6.85. The van der Waals surface area contributed by atoms with Crippen LogP contribution in [0.2, 0.25) is 0 Å². The van der Waals surface area contributed by atoms with E-state index in [1.807, 2.05) is 6.07 Å². The molecule has 0 aliphatic rings. The summed E-state index contributed by atoms with van der Waals surface area (Å²) in [6, 6.07) is 7.51. The van der Waals surface area contributed by atoms with E-state index in [0.29, 0.717) is 27.2 Å². The van der Waals surface area contributed by atoms with E-state index < -0.39 is 0 Å². The molecule has 2 aromatic heterocycles. The van der Waals surface area contributed by atoms with Crippen molar-refractivity contribution in [2.24, 2.45) is 0 Å². The zero-order valence-electron chi connectivity index (χ0n) is 10.8. The standard InChI is InChI=1S/C14H10N6S/c15-4-3-8-12(18)10-7-2-1-6(5-16)11(17)9(7)13(19)20-14(10)21-8/h1-2H,3,17-18H2,(H2,19,20). The monoisotopic (exact) mass is 294 g/mol. The van der Waals surface area contributed by atoms with Gasteiger partial charge in [-0.1, -0.05) is 6.07 Å². The smallest absolute Gasteiger partial charge is 0.135 e. The highest BCUT2D eigenvalue weighted by Gasteiger charge is 2.18. The van der Waals surface area contributed by atoms with E-state index in [9.17, 15) is 0 Å². The van der Waals surface area contributed by atoms with Crippen LogP contribution in [0.1, 0.15) is 10.4 Å². The van der Waals surface area contributed by atoms with E-state index in [4.69, 9.17) is 27.7 Å². The number of hydrogen-bond donors (Lipinski definition) is 3. The van der Waals surface area contributed by atoms with Crippen LogP contribution in [0.5, 0.6) is 0 Å². The number of nitrogen functional groups attached to an aromatic ring is 3. The van der Waals surface area contributed by atoms with Gasteiger partial charge in [0.05, 0.1) is 29.4 Å². The van der Waals surface area contributed by atoms with E-state index >= 15 is 0 Å². The highest BCUT2D eigenvalue weighted by molar-refractivity contribution is 7.19. The number of nitrogens with zero attached hydrogens (tertiary/aromatic N) is 3. The minimum absolute atomic E-state index is 0.222. The number of nitriles is 2. The van der Waals surface area contributed by atoms with Crippen molar-refractivity contribution in [3.63, 3.8) is 0 Å². The highest BCUT2D eigenvalue weighted by atomic mass is 32.1. The first kappa shape index (κ1) is 13.0. The number of hydrogen-bond acceptors (Lipinski definition) is 7. The van der Waals surface area contributed by atoms with E-state index in [1.165, 1.54) is 11.3 Å². The van der Waals surface area contributed by atoms with Crippen molar-refractivity contribution >= 4 is 49.5 Å². The number of benzene rings is 1. The molecule has 2 heterocycles. The Balaban J connectivity index is 2.52. The largest absolute Gasteiger partial charge is 0.397 e. The molecule has 6 nitrogen and oxygen atoms in total. The van der Waals surface area contributed by atoms with Crippen LogP contribution >= 0.6 is 11.3 Å². The van der Waals surface area contributed by atoms with Gasteiger partial charge in [0.15, 0.2) is 0 Å². The summed E-state index contributed by atoms with van der Waals surface area (Å²) in [5.74, 6) is 0.261. The summed E-state index contributed by atoms with van der Waals surface area (Å²) in [7, 11) is 0. The molecule has 21 heavy (non-hydrogen) atoms.